The monoisotopic (exact) mass is 189 g/mol. The molecule has 0 aliphatic rings. The Morgan fingerprint density at radius 1 is 1.08 bits per heavy atom. The van der Waals surface area contributed by atoms with E-state index in [0.717, 1.165) is 12.2 Å². The molecule has 0 aromatic carbocycles. The van der Waals surface area contributed by atoms with E-state index in [9.17, 15) is 4.55 Å². The van der Waals surface area contributed by atoms with Crippen molar-refractivity contribution in [3.63, 3.8) is 0 Å². The number of unbranched alkanes of at least 4 members (excludes halogenated alkanes) is 5. The Bertz CT molecular complexity index is 85.9. The minimum Gasteiger partial charge on any atom is -0.616 e. The minimum absolute atomic E-state index is 0.578. The first-order chi connectivity index (χ1) is 5.81. The van der Waals surface area contributed by atoms with Gasteiger partial charge in [-0.2, -0.15) is 0 Å². The van der Waals surface area contributed by atoms with Crippen molar-refractivity contribution >= 4 is 11.2 Å². The molecule has 0 heterocycles. The van der Waals surface area contributed by atoms with Gasteiger partial charge in [-0.3, -0.25) is 0 Å². The molecule has 0 saturated carbocycles. The molecule has 0 aromatic heterocycles. The molecule has 1 atom stereocenters. The topological polar surface area (TPSA) is 23.1 Å². The molecule has 1 unspecified atom stereocenters. The van der Waals surface area contributed by atoms with Gasteiger partial charge in [-0.1, -0.05) is 43.8 Å². The fourth-order valence-electron chi connectivity index (χ4n) is 1.15. The maximum absolute atomic E-state index is 10.9. The third-order valence-electron chi connectivity index (χ3n) is 1.95. The fourth-order valence-corrected chi connectivity index (χ4v) is 1.88. The lowest BCUT2D eigenvalue weighted by atomic mass is 10.1. The van der Waals surface area contributed by atoms with Crippen LogP contribution < -0.4 is 0 Å². The SMILES string of the molecule is [CH2]C[S+]([O-])CCCCCCCC. The van der Waals surface area contributed by atoms with E-state index in [0.29, 0.717) is 5.75 Å². The predicted octanol–water partition coefficient (Wildman–Crippen LogP) is 2.93. The summed E-state index contributed by atoms with van der Waals surface area (Å²) in [6, 6.07) is 0. The van der Waals surface area contributed by atoms with E-state index in [-0.39, 0.29) is 0 Å². The first kappa shape index (κ1) is 12.3. The highest BCUT2D eigenvalue weighted by Gasteiger charge is 2.00. The van der Waals surface area contributed by atoms with E-state index >= 15 is 0 Å². The molecule has 1 radical (unpaired) electrons. The lowest BCUT2D eigenvalue weighted by Gasteiger charge is -2.07. The number of hydrogen-bond donors (Lipinski definition) is 0. The maximum atomic E-state index is 10.9. The Morgan fingerprint density at radius 3 is 2.25 bits per heavy atom. The molecule has 1 nitrogen and oxygen atoms in total. The fraction of sp³-hybridized carbons (Fsp3) is 0.900. The second-order valence-electron chi connectivity index (χ2n) is 3.12. The molecule has 73 valence electrons. The van der Waals surface area contributed by atoms with Gasteiger partial charge < -0.3 is 4.55 Å². The zero-order valence-electron chi connectivity index (χ0n) is 8.18. The summed E-state index contributed by atoms with van der Waals surface area (Å²) in [5.41, 5.74) is 0. The van der Waals surface area contributed by atoms with Crippen LogP contribution in [-0.2, 0) is 11.2 Å². The molecular formula is C10H21OS. The minimum atomic E-state index is -0.645. The van der Waals surface area contributed by atoms with Crippen LogP contribution in [0.15, 0.2) is 0 Å². The molecule has 12 heavy (non-hydrogen) atoms. The second kappa shape index (κ2) is 9.40. The molecule has 0 rings (SSSR count). The molecule has 0 bridgehead atoms. The average Bonchev–Trinajstić information content (AvgIpc) is 2.10. The van der Waals surface area contributed by atoms with Gasteiger partial charge in [0.05, 0.1) is 0 Å². The molecule has 0 aliphatic heterocycles. The van der Waals surface area contributed by atoms with Crippen molar-refractivity contribution < 1.29 is 4.55 Å². The van der Waals surface area contributed by atoms with Crippen LogP contribution in [-0.4, -0.2) is 16.1 Å². The van der Waals surface area contributed by atoms with Gasteiger partial charge in [-0.15, -0.1) is 0 Å². The van der Waals surface area contributed by atoms with Gasteiger partial charge in [0.15, 0.2) is 0 Å². The molecular weight excluding hydrogens is 168 g/mol. The third kappa shape index (κ3) is 8.41. The van der Waals surface area contributed by atoms with Gasteiger partial charge in [-0.25, -0.2) is 0 Å². The zero-order chi connectivity index (χ0) is 9.23. The summed E-state index contributed by atoms with van der Waals surface area (Å²) in [4.78, 5) is 0. The molecule has 0 spiro atoms. The Hall–Kier alpha value is 0.310. The Kier molecular flexibility index (Phi) is 9.64. The standard InChI is InChI=1S/C10H21OS/c1-3-5-6-7-8-9-10-12(11)4-2/h2-10H2,1H3. The molecule has 0 saturated heterocycles. The first-order valence-electron chi connectivity index (χ1n) is 4.95. The van der Waals surface area contributed by atoms with E-state index in [1.165, 1.54) is 32.1 Å². The Balaban J connectivity index is 2.90. The van der Waals surface area contributed by atoms with Crippen LogP contribution in [0, 0.1) is 6.92 Å². The van der Waals surface area contributed by atoms with Crippen molar-refractivity contribution in [2.45, 2.75) is 45.4 Å². The molecule has 2 heteroatoms. The van der Waals surface area contributed by atoms with E-state index in [1.807, 2.05) is 0 Å². The third-order valence-corrected chi connectivity index (χ3v) is 3.15. The van der Waals surface area contributed by atoms with Crippen LogP contribution in [0.1, 0.15) is 45.4 Å². The normalized spacial score (nSPS) is 13.2. The lowest BCUT2D eigenvalue weighted by molar-refractivity contribution is 0.585. The smallest absolute Gasteiger partial charge is 0.105 e. The van der Waals surface area contributed by atoms with E-state index in [2.05, 4.69) is 13.8 Å². The van der Waals surface area contributed by atoms with Crippen LogP contribution in [0.4, 0.5) is 0 Å². The van der Waals surface area contributed by atoms with Crippen molar-refractivity contribution in [2.75, 3.05) is 11.5 Å². The summed E-state index contributed by atoms with van der Waals surface area (Å²) in [6.45, 7) is 5.83. The van der Waals surface area contributed by atoms with Crippen LogP contribution >= 0.6 is 0 Å². The van der Waals surface area contributed by atoms with Crippen LogP contribution in [0.2, 0.25) is 0 Å². The van der Waals surface area contributed by atoms with Gasteiger partial charge in [0.25, 0.3) is 0 Å². The van der Waals surface area contributed by atoms with Gasteiger partial charge in [-0.05, 0) is 19.8 Å². The Labute approximate surface area is 80.1 Å². The molecule has 0 N–H and O–H groups in total. The summed E-state index contributed by atoms with van der Waals surface area (Å²) in [5, 5.41) is 0. The summed E-state index contributed by atoms with van der Waals surface area (Å²) < 4.78 is 10.9. The predicted molar refractivity (Wildman–Crippen MR) is 56.6 cm³/mol. The van der Waals surface area contributed by atoms with E-state index in [1.54, 1.807) is 0 Å². The number of hydrogen-bond acceptors (Lipinski definition) is 1. The molecule has 0 aromatic rings. The van der Waals surface area contributed by atoms with Crippen LogP contribution in [0.25, 0.3) is 0 Å². The van der Waals surface area contributed by atoms with Gasteiger partial charge in [0, 0.05) is 0 Å². The van der Waals surface area contributed by atoms with Gasteiger partial charge >= 0.3 is 0 Å². The average molecular weight is 189 g/mol. The van der Waals surface area contributed by atoms with Crippen molar-refractivity contribution in [2.24, 2.45) is 0 Å². The van der Waals surface area contributed by atoms with Crippen LogP contribution in [0.5, 0.6) is 0 Å². The number of rotatable bonds is 8. The van der Waals surface area contributed by atoms with Gasteiger partial charge in [0.1, 0.15) is 11.5 Å². The highest BCUT2D eigenvalue weighted by atomic mass is 32.2. The Morgan fingerprint density at radius 2 is 1.67 bits per heavy atom. The van der Waals surface area contributed by atoms with Crippen molar-refractivity contribution in [3.05, 3.63) is 6.92 Å². The highest BCUT2D eigenvalue weighted by Crippen LogP contribution is 2.06. The first-order valence-corrected chi connectivity index (χ1v) is 6.44. The van der Waals surface area contributed by atoms with Crippen molar-refractivity contribution in [3.8, 4) is 0 Å². The highest BCUT2D eigenvalue weighted by molar-refractivity contribution is 7.91. The van der Waals surface area contributed by atoms with E-state index in [4.69, 9.17) is 0 Å². The summed E-state index contributed by atoms with van der Waals surface area (Å²) in [7, 11) is 0. The largest absolute Gasteiger partial charge is 0.616 e. The molecule has 0 fully saturated rings. The second-order valence-corrected chi connectivity index (χ2v) is 4.81. The quantitative estimate of drug-likeness (QED) is 0.425. The van der Waals surface area contributed by atoms with E-state index < -0.39 is 11.2 Å². The summed E-state index contributed by atoms with van der Waals surface area (Å²) in [5.74, 6) is 1.44. The van der Waals surface area contributed by atoms with Gasteiger partial charge in [0.2, 0.25) is 0 Å². The molecule has 0 amide bonds. The summed E-state index contributed by atoms with van der Waals surface area (Å²) >= 11 is -0.645. The molecule has 0 aliphatic carbocycles. The van der Waals surface area contributed by atoms with Crippen molar-refractivity contribution in [1.29, 1.82) is 0 Å². The summed E-state index contributed by atoms with van der Waals surface area (Å²) in [6.07, 6.45) is 7.65. The zero-order valence-corrected chi connectivity index (χ0v) is 9.00. The lowest BCUT2D eigenvalue weighted by Crippen LogP contribution is -2.08. The maximum Gasteiger partial charge on any atom is 0.105 e. The van der Waals surface area contributed by atoms with Crippen molar-refractivity contribution in [1.82, 2.24) is 0 Å². The van der Waals surface area contributed by atoms with Crippen LogP contribution in [0.3, 0.4) is 0 Å².